The van der Waals surface area contributed by atoms with Gasteiger partial charge in [-0.1, -0.05) is 17.8 Å². The molecule has 3 N–H and O–H groups in total. The number of fused-ring (bicyclic) bond motifs is 1. The lowest BCUT2D eigenvalue weighted by Crippen LogP contribution is -2.14. The molecule has 0 aliphatic rings. The summed E-state index contributed by atoms with van der Waals surface area (Å²) < 4.78 is 10.2. The summed E-state index contributed by atoms with van der Waals surface area (Å²) in [7, 11) is 1.87. The van der Waals surface area contributed by atoms with Gasteiger partial charge < -0.3 is 15.6 Å². The van der Waals surface area contributed by atoms with Crippen LogP contribution in [0.5, 0.6) is 0 Å². The van der Waals surface area contributed by atoms with E-state index in [4.69, 9.17) is 5.73 Å². The Balaban J connectivity index is 1.44. The number of aromatic nitrogens is 5. The average Bonchev–Trinajstić information content (AvgIpc) is 3.28. The van der Waals surface area contributed by atoms with Gasteiger partial charge in [-0.25, -0.2) is 0 Å². The highest BCUT2D eigenvalue weighted by molar-refractivity contribution is 7.99. The topological polar surface area (TPSA) is 112 Å². The van der Waals surface area contributed by atoms with Crippen molar-refractivity contribution in [3.8, 4) is 11.4 Å². The van der Waals surface area contributed by atoms with Crippen molar-refractivity contribution >= 4 is 51.8 Å². The van der Waals surface area contributed by atoms with Gasteiger partial charge in [-0.3, -0.25) is 4.79 Å². The molecule has 136 valence electrons. The summed E-state index contributed by atoms with van der Waals surface area (Å²) in [4.78, 5) is 12.3. The maximum atomic E-state index is 12.3. The van der Waals surface area contributed by atoms with Gasteiger partial charge in [0.25, 0.3) is 0 Å². The van der Waals surface area contributed by atoms with Crippen LogP contribution in [0.25, 0.3) is 22.4 Å². The molecule has 8 nitrogen and oxygen atoms in total. The minimum Gasteiger partial charge on any atom is -0.399 e. The molecule has 0 unspecified atom stereocenters. The van der Waals surface area contributed by atoms with E-state index in [9.17, 15) is 4.79 Å². The number of hydrogen-bond donors (Lipinski definition) is 2. The first-order chi connectivity index (χ1) is 13.1. The van der Waals surface area contributed by atoms with E-state index in [1.165, 1.54) is 11.8 Å². The minimum absolute atomic E-state index is 0.141. The summed E-state index contributed by atoms with van der Waals surface area (Å²) >= 11 is 2.44. The van der Waals surface area contributed by atoms with Gasteiger partial charge in [-0.05, 0) is 36.4 Å². The molecule has 2 aromatic heterocycles. The van der Waals surface area contributed by atoms with Gasteiger partial charge in [-0.15, -0.1) is 10.2 Å². The molecule has 27 heavy (non-hydrogen) atoms. The first-order valence-electron chi connectivity index (χ1n) is 8.01. The van der Waals surface area contributed by atoms with Crippen LogP contribution in [-0.4, -0.2) is 35.2 Å². The van der Waals surface area contributed by atoms with E-state index in [-0.39, 0.29) is 11.7 Å². The molecule has 0 saturated carbocycles. The van der Waals surface area contributed by atoms with E-state index >= 15 is 0 Å². The maximum absolute atomic E-state index is 12.3. The smallest absolute Gasteiger partial charge is 0.234 e. The fourth-order valence-electron chi connectivity index (χ4n) is 2.55. The molecule has 2 aromatic carbocycles. The second kappa shape index (κ2) is 7.33. The third-order valence-electron chi connectivity index (χ3n) is 3.90. The van der Waals surface area contributed by atoms with Gasteiger partial charge in [0, 0.05) is 18.3 Å². The van der Waals surface area contributed by atoms with Crippen molar-refractivity contribution in [2.45, 2.75) is 5.16 Å². The summed E-state index contributed by atoms with van der Waals surface area (Å²) in [5, 5.41) is 11.9. The minimum atomic E-state index is -0.141. The highest BCUT2D eigenvalue weighted by Gasteiger charge is 2.14. The van der Waals surface area contributed by atoms with E-state index in [2.05, 4.69) is 24.3 Å². The van der Waals surface area contributed by atoms with E-state index in [1.807, 2.05) is 54.1 Å². The maximum Gasteiger partial charge on any atom is 0.234 e. The molecule has 0 fully saturated rings. The molecule has 0 spiro atoms. The summed E-state index contributed by atoms with van der Waals surface area (Å²) in [6, 6.07) is 12.9. The zero-order valence-electron chi connectivity index (χ0n) is 14.3. The Morgan fingerprint density at radius 2 is 2.00 bits per heavy atom. The predicted molar refractivity (Wildman–Crippen MR) is 108 cm³/mol. The number of amides is 1. The fraction of sp³-hybridized carbons (Fsp3) is 0.118. The largest absolute Gasteiger partial charge is 0.399 e. The molecule has 0 bridgehead atoms. The molecule has 2 heterocycles. The van der Waals surface area contributed by atoms with E-state index in [0.717, 1.165) is 28.6 Å². The van der Waals surface area contributed by atoms with E-state index in [1.54, 1.807) is 0 Å². The van der Waals surface area contributed by atoms with Crippen LogP contribution in [0, 0.1) is 0 Å². The molecule has 0 aliphatic carbocycles. The van der Waals surface area contributed by atoms with Crippen molar-refractivity contribution in [2.24, 2.45) is 7.05 Å². The lowest BCUT2D eigenvalue weighted by atomic mass is 10.2. The van der Waals surface area contributed by atoms with Gasteiger partial charge >= 0.3 is 0 Å². The number of benzene rings is 2. The van der Waals surface area contributed by atoms with Crippen molar-refractivity contribution in [1.29, 1.82) is 0 Å². The van der Waals surface area contributed by atoms with Gasteiger partial charge in [0.1, 0.15) is 11.0 Å². The lowest BCUT2D eigenvalue weighted by molar-refractivity contribution is -0.113. The number of nitrogen functional groups attached to an aromatic ring is 1. The molecule has 4 rings (SSSR count). The van der Waals surface area contributed by atoms with Gasteiger partial charge in [-0.2, -0.15) is 8.75 Å². The number of anilines is 2. The number of nitrogens with two attached hydrogens (primary N) is 1. The Hall–Kier alpha value is -2.98. The molecule has 0 radical (unpaired) electrons. The third-order valence-corrected chi connectivity index (χ3v) is 5.46. The molecule has 4 aromatic rings. The Morgan fingerprint density at radius 3 is 2.81 bits per heavy atom. The zero-order valence-corrected chi connectivity index (χ0v) is 15.9. The first kappa shape index (κ1) is 17.4. The number of carbonyl (C=O) groups excluding carboxylic acids is 1. The first-order valence-corrected chi connectivity index (χ1v) is 9.72. The van der Waals surface area contributed by atoms with Crippen LogP contribution >= 0.6 is 23.5 Å². The number of rotatable bonds is 5. The summed E-state index contributed by atoms with van der Waals surface area (Å²) in [5.74, 6) is 0.788. The Morgan fingerprint density at radius 1 is 1.19 bits per heavy atom. The predicted octanol–water partition coefficient (Wildman–Crippen LogP) is 2.80. The summed E-state index contributed by atoms with van der Waals surface area (Å²) in [5.41, 5.74) is 9.46. The number of nitrogens with zero attached hydrogens (tertiary/aromatic N) is 5. The van der Waals surface area contributed by atoms with Crippen LogP contribution in [0.4, 0.5) is 11.4 Å². The second-order valence-electron chi connectivity index (χ2n) is 5.76. The standard InChI is InChI=1S/C17H15N7OS2/c1-24-16(10-5-7-11(18)8-6-10)20-21-17(24)26-9-14(25)19-12-3-2-4-13-15(12)23-27-22-13/h2-8H,9,18H2,1H3,(H,19,25). The Kier molecular flexibility index (Phi) is 4.73. The van der Waals surface area contributed by atoms with Crippen LogP contribution in [0.2, 0.25) is 0 Å². The highest BCUT2D eigenvalue weighted by atomic mass is 32.2. The van der Waals surface area contributed by atoms with Crippen LogP contribution in [0.3, 0.4) is 0 Å². The van der Waals surface area contributed by atoms with Crippen molar-refractivity contribution in [1.82, 2.24) is 23.5 Å². The fourth-order valence-corrected chi connectivity index (χ4v) is 3.81. The van der Waals surface area contributed by atoms with Crippen molar-refractivity contribution in [3.05, 3.63) is 42.5 Å². The second-order valence-corrected chi connectivity index (χ2v) is 7.23. The van der Waals surface area contributed by atoms with E-state index < -0.39 is 0 Å². The number of carbonyl (C=O) groups is 1. The van der Waals surface area contributed by atoms with Crippen molar-refractivity contribution in [2.75, 3.05) is 16.8 Å². The SMILES string of the molecule is Cn1c(SCC(=O)Nc2cccc3nsnc23)nnc1-c1ccc(N)cc1. The van der Waals surface area contributed by atoms with Crippen LogP contribution in [0.15, 0.2) is 47.6 Å². The highest BCUT2D eigenvalue weighted by Crippen LogP contribution is 2.24. The molecule has 1 amide bonds. The van der Waals surface area contributed by atoms with Crippen LogP contribution in [0.1, 0.15) is 0 Å². The van der Waals surface area contributed by atoms with E-state index in [0.29, 0.717) is 22.0 Å². The van der Waals surface area contributed by atoms with Crippen LogP contribution < -0.4 is 11.1 Å². The zero-order chi connectivity index (χ0) is 18.8. The normalized spacial score (nSPS) is 11.0. The van der Waals surface area contributed by atoms with Gasteiger partial charge in [0.05, 0.1) is 23.2 Å². The average molecular weight is 397 g/mol. The molecule has 0 saturated heterocycles. The van der Waals surface area contributed by atoms with Crippen LogP contribution in [-0.2, 0) is 11.8 Å². The number of hydrogen-bond acceptors (Lipinski definition) is 8. The third kappa shape index (κ3) is 3.62. The van der Waals surface area contributed by atoms with Gasteiger partial charge in [0.2, 0.25) is 5.91 Å². The number of thioether (sulfide) groups is 1. The lowest BCUT2D eigenvalue weighted by Gasteiger charge is -2.06. The number of nitrogens with one attached hydrogen (secondary N) is 1. The van der Waals surface area contributed by atoms with Crippen molar-refractivity contribution < 1.29 is 4.79 Å². The molecule has 10 heteroatoms. The Bertz CT molecular complexity index is 1100. The molecular weight excluding hydrogens is 382 g/mol. The summed E-state index contributed by atoms with van der Waals surface area (Å²) in [6.45, 7) is 0. The van der Waals surface area contributed by atoms with Crippen molar-refractivity contribution in [3.63, 3.8) is 0 Å². The quantitative estimate of drug-likeness (QED) is 0.393. The molecule has 0 atom stereocenters. The molecule has 0 aliphatic heterocycles. The summed E-state index contributed by atoms with van der Waals surface area (Å²) in [6.07, 6.45) is 0. The van der Waals surface area contributed by atoms with Gasteiger partial charge in [0.15, 0.2) is 11.0 Å². The molecular formula is C17H15N7OS2. The Labute approximate surface area is 163 Å². The monoisotopic (exact) mass is 397 g/mol.